The molecule has 0 aliphatic carbocycles. The van der Waals surface area contributed by atoms with Gasteiger partial charge in [0.15, 0.2) is 4.67 Å². The zero-order valence-corrected chi connectivity index (χ0v) is 11.7. The van der Waals surface area contributed by atoms with Crippen molar-refractivity contribution in [3.05, 3.63) is 57.5 Å². The number of fused-ring (bicyclic) bond motifs is 1. The van der Waals surface area contributed by atoms with Crippen molar-refractivity contribution in [3.8, 4) is 0 Å². The zero-order chi connectivity index (χ0) is 12.5. The van der Waals surface area contributed by atoms with Gasteiger partial charge in [-0.2, -0.15) is 0 Å². The summed E-state index contributed by atoms with van der Waals surface area (Å²) in [5, 5.41) is 3.32. The first kappa shape index (κ1) is 12.0. The van der Waals surface area contributed by atoms with E-state index in [0.717, 1.165) is 16.8 Å². The Hall–Kier alpha value is -1.10. The molecule has 1 aliphatic rings. The highest BCUT2D eigenvalue weighted by molar-refractivity contribution is 9.10. The highest BCUT2D eigenvalue weighted by Gasteiger charge is 2.19. The summed E-state index contributed by atoms with van der Waals surface area (Å²) in [5.74, 6) is 0. The van der Waals surface area contributed by atoms with E-state index in [4.69, 9.17) is 9.15 Å². The molecule has 1 atom stereocenters. The van der Waals surface area contributed by atoms with Crippen LogP contribution in [-0.4, -0.2) is 7.05 Å². The van der Waals surface area contributed by atoms with Crippen molar-refractivity contribution in [3.63, 3.8) is 0 Å². The lowest BCUT2D eigenvalue weighted by Gasteiger charge is -2.16. The van der Waals surface area contributed by atoms with Gasteiger partial charge in [0.25, 0.3) is 0 Å². The number of ether oxygens (including phenoxy) is 1. The molecule has 2 aromatic rings. The van der Waals surface area contributed by atoms with Gasteiger partial charge in [0.2, 0.25) is 0 Å². The van der Waals surface area contributed by atoms with E-state index in [9.17, 15) is 0 Å². The van der Waals surface area contributed by atoms with Crippen molar-refractivity contribution in [2.24, 2.45) is 0 Å². The zero-order valence-electron chi connectivity index (χ0n) is 10.1. The van der Waals surface area contributed by atoms with Gasteiger partial charge in [0.1, 0.15) is 0 Å². The standard InChI is InChI=1S/C14H14BrNO2/c1-16-13(12-4-5-18-14(12)15)9-2-3-10-7-17-8-11(10)6-9/h2-6,13,16H,7-8H2,1H3. The van der Waals surface area contributed by atoms with Gasteiger partial charge in [-0.05, 0) is 45.7 Å². The molecule has 1 unspecified atom stereocenters. The van der Waals surface area contributed by atoms with Crippen LogP contribution < -0.4 is 5.32 Å². The third kappa shape index (κ3) is 2.00. The molecule has 0 amide bonds. The second-order valence-electron chi connectivity index (χ2n) is 4.39. The van der Waals surface area contributed by atoms with Crippen LogP contribution in [0.5, 0.6) is 0 Å². The molecule has 1 aliphatic heterocycles. The smallest absolute Gasteiger partial charge is 0.174 e. The van der Waals surface area contributed by atoms with Crippen LogP contribution in [0.25, 0.3) is 0 Å². The Morgan fingerprint density at radius 1 is 1.22 bits per heavy atom. The van der Waals surface area contributed by atoms with E-state index in [2.05, 4.69) is 39.4 Å². The van der Waals surface area contributed by atoms with Crippen LogP contribution in [0.3, 0.4) is 0 Å². The fraction of sp³-hybridized carbons (Fsp3) is 0.286. The lowest BCUT2D eigenvalue weighted by molar-refractivity contribution is 0.134. The molecule has 0 spiro atoms. The van der Waals surface area contributed by atoms with Crippen molar-refractivity contribution in [1.82, 2.24) is 5.32 Å². The number of rotatable bonds is 3. The molecule has 18 heavy (non-hydrogen) atoms. The fourth-order valence-corrected chi connectivity index (χ4v) is 2.85. The molecule has 0 fully saturated rings. The molecule has 1 N–H and O–H groups in total. The largest absolute Gasteiger partial charge is 0.457 e. The summed E-state index contributed by atoms with van der Waals surface area (Å²) in [5.41, 5.74) is 4.91. The van der Waals surface area contributed by atoms with Crippen LogP contribution in [0.15, 0.2) is 39.6 Å². The maximum Gasteiger partial charge on any atom is 0.174 e. The highest BCUT2D eigenvalue weighted by Crippen LogP contribution is 2.31. The SMILES string of the molecule is CNC(c1ccc2c(c1)COC2)c1ccoc1Br. The van der Waals surface area contributed by atoms with Crippen LogP contribution >= 0.6 is 15.9 Å². The van der Waals surface area contributed by atoms with Crippen molar-refractivity contribution in [2.45, 2.75) is 19.3 Å². The number of furan rings is 1. The van der Waals surface area contributed by atoms with Crippen LogP contribution in [0.2, 0.25) is 0 Å². The third-order valence-electron chi connectivity index (χ3n) is 3.32. The molecule has 3 nitrogen and oxygen atoms in total. The molecule has 2 heterocycles. The van der Waals surface area contributed by atoms with Crippen LogP contribution in [0.1, 0.15) is 28.3 Å². The Morgan fingerprint density at radius 2 is 2.06 bits per heavy atom. The number of hydrogen-bond donors (Lipinski definition) is 1. The third-order valence-corrected chi connectivity index (χ3v) is 3.97. The van der Waals surface area contributed by atoms with E-state index in [1.807, 2.05) is 13.1 Å². The first-order valence-electron chi connectivity index (χ1n) is 5.89. The van der Waals surface area contributed by atoms with Crippen LogP contribution in [-0.2, 0) is 18.0 Å². The molecule has 0 radical (unpaired) electrons. The summed E-state index contributed by atoms with van der Waals surface area (Å²) in [6.45, 7) is 1.45. The topological polar surface area (TPSA) is 34.4 Å². The predicted molar refractivity (Wildman–Crippen MR) is 72.2 cm³/mol. The average molecular weight is 308 g/mol. The minimum absolute atomic E-state index is 0.129. The minimum Gasteiger partial charge on any atom is -0.457 e. The highest BCUT2D eigenvalue weighted by atomic mass is 79.9. The molecule has 1 aromatic heterocycles. The quantitative estimate of drug-likeness (QED) is 0.944. The van der Waals surface area contributed by atoms with Gasteiger partial charge in [-0.15, -0.1) is 0 Å². The second kappa shape index (κ2) is 4.88. The molecule has 1 aromatic carbocycles. The van der Waals surface area contributed by atoms with E-state index < -0.39 is 0 Å². The van der Waals surface area contributed by atoms with Gasteiger partial charge in [0, 0.05) is 5.56 Å². The molecular weight excluding hydrogens is 294 g/mol. The number of nitrogens with one attached hydrogen (secondary N) is 1. The minimum atomic E-state index is 0.129. The lowest BCUT2D eigenvalue weighted by Crippen LogP contribution is -2.17. The monoisotopic (exact) mass is 307 g/mol. The van der Waals surface area contributed by atoms with E-state index >= 15 is 0 Å². The summed E-state index contributed by atoms with van der Waals surface area (Å²) < 4.78 is 11.5. The Morgan fingerprint density at radius 3 is 2.78 bits per heavy atom. The molecule has 0 saturated carbocycles. The lowest BCUT2D eigenvalue weighted by atomic mass is 9.97. The van der Waals surface area contributed by atoms with E-state index in [1.54, 1.807) is 6.26 Å². The van der Waals surface area contributed by atoms with Gasteiger partial charge in [-0.3, -0.25) is 0 Å². The Labute approximate surface area is 114 Å². The van der Waals surface area contributed by atoms with Gasteiger partial charge >= 0.3 is 0 Å². The van der Waals surface area contributed by atoms with Crippen molar-refractivity contribution in [1.29, 1.82) is 0 Å². The normalized spacial score (nSPS) is 15.7. The molecule has 0 saturated heterocycles. The first-order valence-corrected chi connectivity index (χ1v) is 6.68. The van der Waals surface area contributed by atoms with E-state index in [1.165, 1.54) is 16.7 Å². The molecule has 4 heteroatoms. The number of benzene rings is 1. The van der Waals surface area contributed by atoms with Gasteiger partial charge < -0.3 is 14.5 Å². The van der Waals surface area contributed by atoms with Crippen molar-refractivity contribution in [2.75, 3.05) is 7.05 Å². The van der Waals surface area contributed by atoms with Gasteiger partial charge in [-0.25, -0.2) is 0 Å². The average Bonchev–Trinajstić information content (AvgIpc) is 2.99. The van der Waals surface area contributed by atoms with E-state index in [0.29, 0.717) is 6.61 Å². The summed E-state index contributed by atoms with van der Waals surface area (Å²) in [4.78, 5) is 0. The predicted octanol–water partition coefficient (Wildman–Crippen LogP) is 3.38. The summed E-state index contributed by atoms with van der Waals surface area (Å²) in [6, 6.07) is 8.62. The van der Waals surface area contributed by atoms with Crippen LogP contribution in [0, 0.1) is 0 Å². The van der Waals surface area contributed by atoms with Crippen LogP contribution in [0.4, 0.5) is 0 Å². The summed E-state index contributed by atoms with van der Waals surface area (Å²) >= 11 is 3.44. The molecule has 3 rings (SSSR count). The summed E-state index contributed by atoms with van der Waals surface area (Å²) in [7, 11) is 1.95. The maximum absolute atomic E-state index is 5.45. The fourth-order valence-electron chi connectivity index (χ4n) is 2.38. The molecule has 94 valence electrons. The number of halogens is 1. The van der Waals surface area contributed by atoms with E-state index in [-0.39, 0.29) is 6.04 Å². The first-order chi connectivity index (χ1) is 8.79. The Bertz CT molecular complexity index is 565. The summed E-state index contributed by atoms with van der Waals surface area (Å²) in [6.07, 6.45) is 1.69. The Balaban J connectivity index is 2.00. The molecule has 0 bridgehead atoms. The van der Waals surface area contributed by atoms with Gasteiger partial charge in [-0.1, -0.05) is 18.2 Å². The maximum atomic E-state index is 5.45. The van der Waals surface area contributed by atoms with Crippen molar-refractivity contribution < 1.29 is 9.15 Å². The Kier molecular flexibility index (Phi) is 3.24. The van der Waals surface area contributed by atoms with Gasteiger partial charge in [0.05, 0.1) is 25.5 Å². The van der Waals surface area contributed by atoms with Crippen molar-refractivity contribution >= 4 is 15.9 Å². The second-order valence-corrected chi connectivity index (χ2v) is 5.11. The number of hydrogen-bond acceptors (Lipinski definition) is 3. The molecular formula is C14H14BrNO2.